The third-order valence-corrected chi connectivity index (χ3v) is 4.76. The smallest absolute Gasteiger partial charge is 0.226 e. The first kappa shape index (κ1) is 17.9. The molecule has 5 heteroatoms. The second kappa shape index (κ2) is 8.36. The van der Waals surface area contributed by atoms with Gasteiger partial charge in [0.15, 0.2) is 0 Å². The molecule has 0 aliphatic carbocycles. The third-order valence-electron chi connectivity index (χ3n) is 3.60. The van der Waals surface area contributed by atoms with Gasteiger partial charge >= 0.3 is 0 Å². The number of aliphatic imine (C=N–C) groups is 1. The number of hydrogen-bond acceptors (Lipinski definition) is 3. The summed E-state index contributed by atoms with van der Waals surface area (Å²) in [5, 5.41) is 0. The Balaban J connectivity index is 3.20. The summed E-state index contributed by atoms with van der Waals surface area (Å²) >= 11 is -0.587. The molecule has 3 N–H and O–H groups in total. The molecule has 0 aliphatic rings. The van der Waals surface area contributed by atoms with Crippen LogP contribution < -0.4 is 5.73 Å². The summed E-state index contributed by atoms with van der Waals surface area (Å²) < 4.78 is 8.13. The maximum absolute atomic E-state index is 11.8. The van der Waals surface area contributed by atoms with E-state index in [0.29, 0.717) is 12.3 Å². The number of alkyl halides is 1. The molecule has 1 aromatic carbocycles. The third kappa shape index (κ3) is 4.69. The van der Waals surface area contributed by atoms with Gasteiger partial charge in [-0.1, -0.05) is 32.0 Å². The van der Waals surface area contributed by atoms with Gasteiger partial charge in [-0.05, 0) is 57.0 Å². The van der Waals surface area contributed by atoms with E-state index in [9.17, 15) is 4.79 Å². The summed E-state index contributed by atoms with van der Waals surface area (Å²) in [7, 11) is 1.71. The lowest BCUT2D eigenvalue weighted by Crippen LogP contribution is -2.31. The minimum atomic E-state index is -0.587. The van der Waals surface area contributed by atoms with Crippen molar-refractivity contribution >= 4 is 32.7 Å². The number of primary amides is 1. The molecule has 0 heterocycles. The predicted octanol–water partition coefficient (Wildman–Crippen LogP) is 3.76. The average molecular weight is 401 g/mol. The van der Waals surface area contributed by atoms with E-state index >= 15 is 0 Å². The molecule has 0 aromatic heterocycles. The lowest BCUT2D eigenvalue weighted by molar-refractivity contribution is -0.119. The highest BCUT2D eigenvalue weighted by molar-refractivity contribution is 14.1. The molecule has 0 bridgehead atoms. The molecule has 1 aromatic rings. The summed E-state index contributed by atoms with van der Waals surface area (Å²) in [6.07, 6.45) is 0.629. The highest BCUT2D eigenvalue weighted by Gasteiger charge is 2.23. The van der Waals surface area contributed by atoms with Crippen LogP contribution in [0.15, 0.2) is 23.2 Å². The van der Waals surface area contributed by atoms with Crippen LogP contribution in [0.5, 0.6) is 0 Å². The van der Waals surface area contributed by atoms with Gasteiger partial charge in [0.05, 0.1) is 11.6 Å². The van der Waals surface area contributed by atoms with Gasteiger partial charge in [-0.2, -0.15) is 0 Å². The van der Waals surface area contributed by atoms with E-state index in [1.165, 1.54) is 5.56 Å². The Morgan fingerprint density at radius 1 is 1.43 bits per heavy atom. The quantitative estimate of drug-likeness (QED) is 0.407. The summed E-state index contributed by atoms with van der Waals surface area (Å²) in [6.45, 7) is 6.36. The van der Waals surface area contributed by atoms with Crippen LogP contribution in [0.4, 0.5) is 0 Å². The summed E-state index contributed by atoms with van der Waals surface area (Å²) in [4.78, 5) is 16.1. The van der Waals surface area contributed by atoms with Gasteiger partial charge in [-0.3, -0.25) is 13.3 Å². The van der Waals surface area contributed by atoms with Crippen LogP contribution in [0.3, 0.4) is 0 Å². The maximum Gasteiger partial charge on any atom is 0.226 e. The molecule has 1 amide bonds. The Labute approximate surface area is 137 Å². The average Bonchev–Trinajstić information content (AvgIpc) is 2.43. The van der Waals surface area contributed by atoms with Crippen LogP contribution in [0.2, 0.25) is 0 Å². The number of nitrogens with zero attached hydrogens (tertiary/aromatic N) is 1. The molecule has 1 rings (SSSR count). The second-order valence-corrected chi connectivity index (χ2v) is 7.25. The van der Waals surface area contributed by atoms with Gasteiger partial charge in [0, 0.05) is 11.5 Å². The van der Waals surface area contributed by atoms with Crippen LogP contribution in [0, 0.1) is 16.4 Å². The Kier molecular flexibility index (Phi) is 7.14. The van der Waals surface area contributed by atoms with Gasteiger partial charge in [0.2, 0.25) is 5.91 Å². The summed E-state index contributed by atoms with van der Waals surface area (Å²) in [6, 6.07) is 6.28. The number of nitrogens with two attached hydrogens (primary N) is 1. The van der Waals surface area contributed by atoms with Crippen LogP contribution in [0.25, 0.3) is 0 Å². The molecule has 21 heavy (non-hydrogen) atoms. The fraction of sp³-hybridized carbons (Fsp3) is 0.500. The van der Waals surface area contributed by atoms with Crippen LogP contribution in [0.1, 0.15) is 42.9 Å². The SMILES string of the molecule is CN=C(c1ccc(C(C)C)cc1C)C(CCI=N)C(N)=O. The van der Waals surface area contributed by atoms with E-state index in [1.54, 1.807) is 7.05 Å². The Bertz CT molecular complexity index is 552. The van der Waals surface area contributed by atoms with Gasteiger partial charge in [-0.25, -0.2) is 0 Å². The van der Waals surface area contributed by atoms with Crippen molar-refractivity contribution in [2.45, 2.75) is 33.1 Å². The zero-order chi connectivity index (χ0) is 16.0. The molecule has 1 unspecified atom stereocenters. The predicted molar refractivity (Wildman–Crippen MR) is 96.6 cm³/mol. The second-order valence-electron chi connectivity index (χ2n) is 5.40. The molecule has 4 nitrogen and oxygen atoms in total. The van der Waals surface area contributed by atoms with Crippen molar-refractivity contribution in [2.75, 3.05) is 11.5 Å². The van der Waals surface area contributed by atoms with Gasteiger partial charge < -0.3 is 5.73 Å². The lowest BCUT2D eigenvalue weighted by atomic mass is 9.89. The molecule has 0 saturated heterocycles. The minimum absolute atomic E-state index is 0.347. The standard InChI is InChI=1S/C16H24IN3O/c1-10(2)12-5-6-13(11(3)9-12)15(20-4)14(16(18)21)7-8-17-19/h5-6,9-10,14,19H,7-8H2,1-4H3,(H2,18,21). The highest BCUT2D eigenvalue weighted by Crippen LogP contribution is 2.23. The van der Waals surface area contributed by atoms with E-state index in [-0.39, 0.29) is 11.8 Å². The van der Waals surface area contributed by atoms with E-state index in [0.717, 1.165) is 21.3 Å². The van der Waals surface area contributed by atoms with Gasteiger partial charge in [0.1, 0.15) is 0 Å². The van der Waals surface area contributed by atoms with E-state index < -0.39 is 21.0 Å². The van der Waals surface area contributed by atoms with E-state index in [2.05, 4.69) is 31.0 Å². The zero-order valence-corrected chi connectivity index (χ0v) is 15.3. The fourth-order valence-corrected chi connectivity index (χ4v) is 3.31. The number of carbonyl (C=O) groups excluding carboxylic acids is 1. The molecule has 116 valence electrons. The van der Waals surface area contributed by atoms with Crippen molar-refractivity contribution in [1.82, 2.24) is 0 Å². The van der Waals surface area contributed by atoms with Gasteiger partial charge in [0.25, 0.3) is 0 Å². The number of aryl methyl sites for hydroxylation is 1. The number of halogens is 1. The van der Waals surface area contributed by atoms with E-state index in [1.807, 2.05) is 13.0 Å². The molecule has 0 saturated carbocycles. The monoisotopic (exact) mass is 401 g/mol. The first-order chi connectivity index (χ1) is 9.92. The first-order valence-electron chi connectivity index (χ1n) is 7.04. The van der Waals surface area contributed by atoms with Crippen LogP contribution >= 0.6 is 21.0 Å². The molecular formula is C16H24IN3O. The number of carbonyl (C=O) groups is 1. The number of rotatable bonds is 7. The number of benzene rings is 1. The van der Waals surface area contributed by atoms with E-state index in [4.69, 9.17) is 9.30 Å². The maximum atomic E-state index is 11.8. The number of amides is 1. The molecule has 0 radical (unpaired) electrons. The molecule has 0 aliphatic heterocycles. The Hall–Kier alpha value is -1.11. The van der Waals surface area contributed by atoms with Crippen molar-refractivity contribution in [3.63, 3.8) is 0 Å². The Morgan fingerprint density at radius 2 is 2.10 bits per heavy atom. The topological polar surface area (TPSA) is 79.3 Å². The lowest BCUT2D eigenvalue weighted by Gasteiger charge is -2.18. The molecular weight excluding hydrogens is 377 g/mol. The first-order valence-corrected chi connectivity index (χ1v) is 9.64. The normalized spacial score (nSPS) is 13.5. The fourth-order valence-electron chi connectivity index (χ4n) is 2.37. The van der Waals surface area contributed by atoms with Crippen molar-refractivity contribution in [3.05, 3.63) is 34.9 Å². The molecule has 1 atom stereocenters. The number of hydrogen-bond donors (Lipinski definition) is 2. The van der Waals surface area contributed by atoms with Crippen molar-refractivity contribution < 1.29 is 4.79 Å². The van der Waals surface area contributed by atoms with Crippen LogP contribution in [-0.2, 0) is 4.79 Å². The van der Waals surface area contributed by atoms with Gasteiger partial charge in [-0.15, -0.1) is 0 Å². The molecule has 0 fully saturated rings. The van der Waals surface area contributed by atoms with Crippen LogP contribution in [-0.4, -0.2) is 23.1 Å². The Morgan fingerprint density at radius 3 is 2.52 bits per heavy atom. The zero-order valence-electron chi connectivity index (χ0n) is 13.1. The molecule has 0 spiro atoms. The summed E-state index contributed by atoms with van der Waals surface area (Å²) in [5.74, 6) is -0.260. The highest BCUT2D eigenvalue weighted by atomic mass is 127. The van der Waals surface area contributed by atoms with Crippen molar-refractivity contribution in [3.8, 4) is 0 Å². The van der Waals surface area contributed by atoms with Crippen molar-refractivity contribution in [2.24, 2.45) is 16.6 Å². The largest absolute Gasteiger partial charge is 0.369 e. The summed E-state index contributed by atoms with van der Waals surface area (Å²) in [5.41, 5.74) is 9.70. The van der Waals surface area contributed by atoms with Crippen molar-refractivity contribution in [1.29, 1.82) is 3.56 Å². The minimum Gasteiger partial charge on any atom is -0.369 e. The number of nitrogens with one attached hydrogen (secondary N) is 1.